The van der Waals surface area contributed by atoms with Crippen molar-refractivity contribution in [2.75, 3.05) is 7.11 Å². The average Bonchev–Trinajstić information content (AvgIpc) is 2.55. The van der Waals surface area contributed by atoms with Crippen molar-refractivity contribution >= 4 is 5.91 Å². The molecule has 22 heavy (non-hydrogen) atoms. The van der Waals surface area contributed by atoms with E-state index in [1.807, 2.05) is 6.07 Å². The number of hydrogen-bond acceptors (Lipinski definition) is 6. The van der Waals surface area contributed by atoms with E-state index in [0.29, 0.717) is 11.3 Å². The number of carbonyl (C=O) groups is 1. The number of phenolic OH excluding ortho intramolecular Hbond substituents is 2. The van der Waals surface area contributed by atoms with Crippen LogP contribution in [0, 0.1) is 0 Å². The molecule has 0 atom stereocenters. The fourth-order valence-electron chi connectivity index (χ4n) is 1.81. The van der Waals surface area contributed by atoms with Gasteiger partial charge in [0.05, 0.1) is 24.9 Å². The third kappa shape index (κ3) is 3.72. The van der Waals surface area contributed by atoms with E-state index in [1.54, 1.807) is 18.3 Å². The molecule has 7 heteroatoms. The van der Waals surface area contributed by atoms with Crippen LogP contribution in [0.4, 0.5) is 0 Å². The second kappa shape index (κ2) is 7.39. The monoisotopic (exact) mass is 304 g/mol. The maximum atomic E-state index is 12.1. The Morgan fingerprint density at radius 1 is 1.23 bits per heavy atom. The van der Waals surface area contributed by atoms with Crippen molar-refractivity contribution in [1.82, 2.24) is 10.3 Å². The summed E-state index contributed by atoms with van der Waals surface area (Å²) in [5.74, 6) is -1.43. The van der Waals surface area contributed by atoms with E-state index >= 15 is 0 Å². The highest BCUT2D eigenvalue weighted by atomic mass is 17.2. The minimum absolute atomic E-state index is 0.0328. The molecule has 0 bridgehead atoms. The first kappa shape index (κ1) is 15.7. The first-order chi connectivity index (χ1) is 10.6. The lowest BCUT2D eigenvalue weighted by Gasteiger charge is -2.10. The van der Waals surface area contributed by atoms with Crippen LogP contribution in [-0.2, 0) is 22.9 Å². The molecule has 116 valence electrons. The van der Waals surface area contributed by atoms with E-state index < -0.39 is 17.4 Å². The number of nitrogens with one attached hydrogen (secondary N) is 1. The summed E-state index contributed by atoms with van der Waals surface area (Å²) in [6.07, 6.45) is 1.62. The Balaban J connectivity index is 2.08. The lowest BCUT2D eigenvalue weighted by molar-refractivity contribution is -0.282. The van der Waals surface area contributed by atoms with Gasteiger partial charge in [0.1, 0.15) is 6.61 Å². The van der Waals surface area contributed by atoms with E-state index in [0.717, 1.165) is 0 Å². The van der Waals surface area contributed by atoms with Crippen LogP contribution in [0.1, 0.15) is 21.6 Å². The van der Waals surface area contributed by atoms with Gasteiger partial charge in [0.15, 0.2) is 11.5 Å². The Kier molecular flexibility index (Phi) is 5.29. The van der Waals surface area contributed by atoms with Gasteiger partial charge in [-0.3, -0.25) is 9.78 Å². The molecular weight excluding hydrogens is 288 g/mol. The van der Waals surface area contributed by atoms with Crippen molar-refractivity contribution in [2.45, 2.75) is 13.2 Å². The number of phenols is 2. The summed E-state index contributed by atoms with van der Waals surface area (Å²) in [7, 11) is 1.33. The highest BCUT2D eigenvalue weighted by molar-refractivity contribution is 5.97. The van der Waals surface area contributed by atoms with Crippen molar-refractivity contribution in [1.29, 1.82) is 0 Å². The number of amides is 1. The van der Waals surface area contributed by atoms with E-state index in [9.17, 15) is 15.0 Å². The van der Waals surface area contributed by atoms with Crippen molar-refractivity contribution in [3.05, 3.63) is 53.3 Å². The number of nitrogens with zero attached hydrogens (tertiary/aromatic N) is 1. The zero-order chi connectivity index (χ0) is 15.9. The Bertz CT molecular complexity index is 646. The van der Waals surface area contributed by atoms with Gasteiger partial charge in [-0.15, -0.1) is 0 Å². The Morgan fingerprint density at radius 2 is 2.05 bits per heavy atom. The number of pyridine rings is 1. The zero-order valence-electron chi connectivity index (χ0n) is 11.9. The predicted molar refractivity (Wildman–Crippen MR) is 77.0 cm³/mol. The Hall–Kier alpha value is -2.64. The van der Waals surface area contributed by atoms with Crippen LogP contribution < -0.4 is 5.32 Å². The molecule has 1 amide bonds. The van der Waals surface area contributed by atoms with Crippen molar-refractivity contribution in [2.24, 2.45) is 0 Å². The SMILES string of the molecule is COOCc1ccc(C(=O)NCc2ccccn2)c(O)c1O. The summed E-state index contributed by atoms with van der Waals surface area (Å²) in [5, 5.41) is 22.4. The number of carbonyl (C=O) groups excluding carboxylic acids is 1. The average molecular weight is 304 g/mol. The topological polar surface area (TPSA) is 101 Å². The van der Waals surface area contributed by atoms with Crippen molar-refractivity contribution in [3.8, 4) is 11.5 Å². The van der Waals surface area contributed by atoms with Crippen LogP contribution in [-0.4, -0.2) is 28.2 Å². The van der Waals surface area contributed by atoms with E-state index in [4.69, 9.17) is 0 Å². The van der Waals surface area contributed by atoms with Gasteiger partial charge < -0.3 is 15.5 Å². The molecule has 0 saturated carbocycles. The van der Waals surface area contributed by atoms with Crippen LogP contribution >= 0.6 is 0 Å². The molecule has 0 unspecified atom stereocenters. The quantitative estimate of drug-likeness (QED) is 0.425. The molecule has 0 radical (unpaired) electrons. The van der Waals surface area contributed by atoms with Crippen molar-refractivity contribution in [3.63, 3.8) is 0 Å². The summed E-state index contributed by atoms with van der Waals surface area (Å²) in [6.45, 7) is 0.167. The largest absolute Gasteiger partial charge is 0.504 e. The predicted octanol–water partition coefficient (Wildman–Crippen LogP) is 1.50. The van der Waals surface area contributed by atoms with Gasteiger partial charge in [-0.1, -0.05) is 12.1 Å². The van der Waals surface area contributed by atoms with Crippen LogP contribution in [0.3, 0.4) is 0 Å². The third-order valence-electron chi connectivity index (χ3n) is 2.97. The molecule has 0 fully saturated rings. The number of hydrogen-bond donors (Lipinski definition) is 3. The Morgan fingerprint density at radius 3 is 2.73 bits per heavy atom. The fraction of sp³-hybridized carbons (Fsp3) is 0.200. The van der Waals surface area contributed by atoms with Crippen LogP contribution in [0.2, 0.25) is 0 Å². The first-order valence-electron chi connectivity index (χ1n) is 6.51. The Labute approximate surface area is 127 Å². The van der Waals surface area contributed by atoms with Gasteiger partial charge in [-0.05, 0) is 18.2 Å². The molecular formula is C15H16N2O5. The molecule has 0 saturated heterocycles. The van der Waals surface area contributed by atoms with Crippen LogP contribution in [0.5, 0.6) is 11.5 Å². The van der Waals surface area contributed by atoms with Crippen LogP contribution in [0.25, 0.3) is 0 Å². The van der Waals surface area contributed by atoms with Gasteiger partial charge in [0.2, 0.25) is 0 Å². The maximum Gasteiger partial charge on any atom is 0.255 e. The molecule has 2 rings (SSSR count). The molecule has 0 aliphatic carbocycles. The number of benzene rings is 1. The highest BCUT2D eigenvalue weighted by Gasteiger charge is 2.17. The van der Waals surface area contributed by atoms with E-state index in [-0.39, 0.29) is 18.7 Å². The van der Waals surface area contributed by atoms with Gasteiger partial charge in [-0.2, -0.15) is 0 Å². The number of aromatic hydroxyl groups is 2. The van der Waals surface area contributed by atoms with E-state index in [2.05, 4.69) is 20.1 Å². The molecule has 1 aromatic heterocycles. The molecule has 0 aliphatic heterocycles. The summed E-state index contributed by atoms with van der Waals surface area (Å²) in [6, 6.07) is 8.22. The van der Waals surface area contributed by atoms with Gasteiger partial charge >= 0.3 is 0 Å². The molecule has 1 heterocycles. The molecule has 1 aromatic carbocycles. The van der Waals surface area contributed by atoms with Gasteiger partial charge in [0.25, 0.3) is 5.91 Å². The smallest absolute Gasteiger partial charge is 0.255 e. The maximum absolute atomic E-state index is 12.1. The van der Waals surface area contributed by atoms with Crippen molar-refractivity contribution < 1.29 is 24.8 Å². The highest BCUT2D eigenvalue weighted by Crippen LogP contribution is 2.33. The summed E-state index contributed by atoms with van der Waals surface area (Å²) in [4.78, 5) is 25.2. The molecule has 0 spiro atoms. The summed E-state index contributed by atoms with van der Waals surface area (Å²) >= 11 is 0. The zero-order valence-corrected chi connectivity index (χ0v) is 11.9. The summed E-state index contributed by atoms with van der Waals surface area (Å²) in [5.41, 5.74) is 0.958. The number of aromatic nitrogens is 1. The lowest BCUT2D eigenvalue weighted by Crippen LogP contribution is -2.23. The van der Waals surface area contributed by atoms with E-state index in [1.165, 1.54) is 19.2 Å². The standard InChI is InChI=1S/C15H16N2O5/c1-21-22-9-10-5-6-12(14(19)13(10)18)15(20)17-8-11-4-2-3-7-16-11/h2-7,18-19H,8-9H2,1H3,(H,17,20). The first-order valence-corrected chi connectivity index (χ1v) is 6.51. The third-order valence-corrected chi connectivity index (χ3v) is 2.97. The second-order valence-corrected chi connectivity index (χ2v) is 4.40. The molecule has 3 N–H and O–H groups in total. The molecule has 0 aliphatic rings. The second-order valence-electron chi connectivity index (χ2n) is 4.40. The normalized spacial score (nSPS) is 10.4. The fourth-order valence-corrected chi connectivity index (χ4v) is 1.81. The lowest BCUT2D eigenvalue weighted by atomic mass is 10.1. The van der Waals surface area contributed by atoms with Crippen LogP contribution in [0.15, 0.2) is 36.5 Å². The number of rotatable bonds is 6. The molecule has 7 nitrogen and oxygen atoms in total. The summed E-state index contributed by atoms with van der Waals surface area (Å²) < 4.78 is 0. The minimum atomic E-state index is -0.516. The van der Waals surface area contributed by atoms with Gasteiger partial charge in [0, 0.05) is 11.8 Å². The molecule has 2 aromatic rings. The minimum Gasteiger partial charge on any atom is -0.504 e. The van der Waals surface area contributed by atoms with Gasteiger partial charge in [-0.25, -0.2) is 9.78 Å².